The topological polar surface area (TPSA) is 0 Å². The first-order valence-electron chi connectivity index (χ1n) is 16.9. The molecule has 4 aromatic rings. The second-order valence-corrected chi connectivity index (χ2v) is 15.3. The molecule has 1 atom stereocenters. The van der Waals surface area contributed by atoms with Gasteiger partial charge >= 0.3 is 0 Å². The second-order valence-electron chi connectivity index (χ2n) is 15.3. The Labute approximate surface area is 275 Å². The zero-order chi connectivity index (χ0) is 32.2. The van der Waals surface area contributed by atoms with Crippen molar-refractivity contribution in [2.24, 2.45) is 10.8 Å². The van der Waals surface area contributed by atoms with Crippen LogP contribution in [0.25, 0.3) is 44.2 Å². The third kappa shape index (κ3) is 3.58. The first kappa shape index (κ1) is 29.1. The van der Waals surface area contributed by atoms with Crippen molar-refractivity contribution < 1.29 is 0 Å². The zero-order valence-electron chi connectivity index (χ0n) is 28.2. The van der Waals surface area contributed by atoms with E-state index < -0.39 is 5.41 Å². The van der Waals surface area contributed by atoms with Gasteiger partial charge in [0.05, 0.1) is 5.41 Å². The van der Waals surface area contributed by atoms with Crippen molar-refractivity contribution in [1.29, 1.82) is 0 Å². The average molecular weight is 595 g/mol. The summed E-state index contributed by atoms with van der Waals surface area (Å²) in [5, 5.41) is 2.74. The number of hydrogen-bond acceptors (Lipinski definition) is 0. The Bertz CT molecular complexity index is 2140. The Morgan fingerprint density at radius 1 is 0.696 bits per heavy atom. The molecule has 0 aromatic heterocycles. The molecule has 1 saturated heterocycles. The minimum atomic E-state index is -0.435. The molecular formula is C45H43B. The van der Waals surface area contributed by atoms with Gasteiger partial charge in [0.25, 0.3) is 0 Å². The van der Waals surface area contributed by atoms with Gasteiger partial charge < -0.3 is 0 Å². The maximum absolute atomic E-state index is 4.43. The van der Waals surface area contributed by atoms with E-state index in [1.54, 1.807) is 0 Å². The van der Waals surface area contributed by atoms with Crippen molar-refractivity contribution in [2.45, 2.75) is 59.6 Å². The van der Waals surface area contributed by atoms with Gasteiger partial charge in [0, 0.05) is 0 Å². The molecule has 1 aliphatic heterocycles. The lowest BCUT2D eigenvalue weighted by atomic mass is 9.41. The summed E-state index contributed by atoms with van der Waals surface area (Å²) >= 11 is 0. The number of benzene rings is 4. The van der Waals surface area contributed by atoms with Gasteiger partial charge in [-0.25, -0.2) is 0 Å². The lowest BCUT2D eigenvalue weighted by molar-refractivity contribution is 0.177. The van der Waals surface area contributed by atoms with E-state index in [-0.39, 0.29) is 10.8 Å². The van der Waals surface area contributed by atoms with E-state index in [0.29, 0.717) is 6.71 Å². The van der Waals surface area contributed by atoms with Crippen molar-refractivity contribution >= 4 is 17.5 Å². The zero-order valence-corrected chi connectivity index (χ0v) is 28.2. The van der Waals surface area contributed by atoms with Crippen LogP contribution in [0, 0.1) is 10.8 Å². The highest BCUT2D eigenvalue weighted by molar-refractivity contribution is 6.68. The van der Waals surface area contributed by atoms with Crippen LogP contribution in [-0.2, 0) is 5.41 Å². The summed E-state index contributed by atoms with van der Waals surface area (Å²) in [5.74, 6) is 0. The third-order valence-electron chi connectivity index (χ3n) is 12.6. The molecule has 4 aliphatic rings. The molecule has 1 unspecified atom stereocenters. The van der Waals surface area contributed by atoms with E-state index in [1.807, 2.05) is 6.08 Å². The van der Waals surface area contributed by atoms with E-state index in [4.69, 9.17) is 0 Å². The molecule has 8 rings (SSSR count). The van der Waals surface area contributed by atoms with Crippen molar-refractivity contribution in [3.8, 4) is 33.4 Å². The molecule has 1 heteroatoms. The standard InChI is InChI=1S/C45H43B/c1-9-11-22-37-28(3)29(4)39(24-30(10-2)46-26-43(5,6)44(7,8)27-46)45(37)38-23-15-14-19-34(38)42-35-21-16-20-33-31-17-12-13-18-32(31)36(41(33)35)25-40(42)45/h9-25H,1-2,26-27H2,3-8H3/b22-11-,30-24+. The van der Waals surface area contributed by atoms with Gasteiger partial charge in [-0.15, -0.1) is 0 Å². The number of allylic oxidation sites excluding steroid dienone is 10. The first-order valence-corrected chi connectivity index (χ1v) is 16.9. The van der Waals surface area contributed by atoms with E-state index in [1.165, 1.54) is 95.7 Å². The summed E-state index contributed by atoms with van der Waals surface area (Å²) < 4.78 is 0. The summed E-state index contributed by atoms with van der Waals surface area (Å²) in [6.45, 7) is 23.4. The van der Waals surface area contributed by atoms with Crippen LogP contribution >= 0.6 is 0 Å². The monoisotopic (exact) mass is 594 g/mol. The molecule has 0 amide bonds. The van der Waals surface area contributed by atoms with Crippen molar-refractivity contribution in [2.75, 3.05) is 0 Å². The number of hydrogen-bond donors (Lipinski definition) is 0. The van der Waals surface area contributed by atoms with Crippen LogP contribution in [0.1, 0.15) is 52.7 Å². The van der Waals surface area contributed by atoms with Gasteiger partial charge in [-0.2, -0.15) is 0 Å². The van der Waals surface area contributed by atoms with Gasteiger partial charge in [0.1, 0.15) is 0 Å². The summed E-state index contributed by atoms with van der Waals surface area (Å²) in [6.07, 6.45) is 13.4. The Hall–Kier alpha value is -4.36. The van der Waals surface area contributed by atoms with Gasteiger partial charge in [0.2, 0.25) is 0 Å². The van der Waals surface area contributed by atoms with Crippen molar-refractivity contribution in [3.63, 3.8) is 0 Å². The molecule has 1 fully saturated rings. The smallest absolute Gasteiger partial charge is 0.0996 e. The Morgan fingerprint density at radius 2 is 1.30 bits per heavy atom. The molecule has 1 spiro atoms. The molecule has 0 N–H and O–H groups in total. The van der Waals surface area contributed by atoms with Crippen LogP contribution in [0.5, 0.6) is 0 Å². The molecule has 0 saturated carbocycles. The molecule has 0 nitrogen and oxygen atoms in total. The maximum Gasteiger partial charge on any atom is 0.176 e. The van der Waals surface area contributed by atoms with E-state index in [9.17, 15) is 0 Å². The highest BCUT2D eigenvalue weighted by Gasteiger charge is 2.53. The molecule has 46 heavy (non-hydrogen) atoms. The quantitative estimate of drug-likeness (QED) is 0.140. The van der Waals surface area contributed by atoms with Crippen LogP contribution in [0.15, 0.2) is 144 Å². The lowest BCUT2D eigenvalue weighted by Crippen LogP contribution is -2.28. The van der Waals surface area contributed by atoms with Gasteiger partial charge in [-0.05, 0) is 108 Å². The SMILES string of the molecule is C=C/C=C\C1=C(C)C(C)=C(/C=C(\C=C)B2CC(C)(C)C(C)(C)C2)C12c1ccccc1-c1c2cc2c3c(cccc13)-c1ccccc1-2. The predicted octanol–water partition coefficient (Wildman–Crippen LogP) is 12.4. The third-order valence-corrected chi connectivity index (χ3v) is 12.6. The summed E-state index contributed by atoms with van der Waals surface area (Å²) in [6, 6.07) is 27.6. The fraction of sp³-hybridized carbons (Fsp3) is 0.244. The minimum absolute atomic E-state index is 0.267. The molecule has 1 heterocycles. The largest absolute Gasteiger partial charge is 0.176 e. The van der Waals surface area contributed by atoms with Crippen LogP contribution < -0.4 is 0 Å². The van der Waals surface area contributed by atoms with E-state index in [0.717, 1.165) is 0 Å². The highest BCUT2D eigenvalue weighted by atomic mass is 14.5. The fourth-order valence-corrected chi connectivity index (χ4v) is 9.56. The molecule has 0 radical (unpaired) electrons. The molecule has 0 bridgehead atoms. The Morgan fingerprint density at radius 3 is 1.98 bits per heavy atom. The van der Waals surface area contributed by atoms with E-state index >= 15 is 0 Å². The number of rotatable bonds is 5. The second kappa shape index (κ2) is 9.82. The highest BCUT2D eigenvalue weighted by Crippen LogP contribution is 2.65. The van der Waals surface area contributed by atoms with E-state index in [2.05, 4.69) is 152 Å². The van der Waals surface area contributed by atoms with Crippen molar-refractivity contribution in [1.82, 2.24) is 0 Å². The van der Waals surface area contributed by atoms with Crippen LogP contribution in [0.4, 0.5) is 0 Å². The van der Waals surface area contributed by atoms with Crippen molar-refractivity contribution in [3.05, 3.63) is 155 Å². The molecule has 4 aromatic carbocycles. The Balaban J connectivity index is 1.48. The van der Waals surface area contributed by atoms with Crippen LogP contribution in [0.3, 0.4) is 0 Å². The van der Waals surface area contributed by atoms with Gasteiger partial charge in [0.15, 0.2) is 6.71 Å². The molecule has 226 valence electrons. The fourth-order valence-electron chi connectivity index (χ4n) is 9.56. The lowest BCUT2D eigenvalue weighted by Gasteiger charge is -2.35. The summed E-state index contributed by atoms with van der Waals surface area (Å²) in [4.78, 5) is 0. The minimum Gasteiger partial charge on any atom is -0.0996 e. The van der Waals surface area contributed by atoms with Gasteiger partial charge in [-0.3, -0.25) is 0 Å². The Kier molecular flexibility index (Phi) is 6.21. The predicted molar refractivity (Wildman–Crippen MR) is 201 cm³/mol. The molecule has 3 aliphatic carbocycles. The molecular weight excluding hydrogens is 551 g/mol. The maximum atomic E-state index is 4.43. The average Bonchev–Trinajstić information content (AvgIpc) is 3.67. The normalized spacial score (nSPS) is 22.0. The summed E-state index contributed by atoms with van der Waals surface area (Å²) in [7, 11) is 0. The first-order chi connectivity index (χ1) is 22.1. The van der Waals surface area contributed by atoms with Gasteiger partial charge in [-0.1, -0.05) is 156 Å². The van der Waals surface area contributed by atoms with Crippen LogP contribution in [-0.4, -0.2) is 6.71 Å². The van der Waals surface area contributed by atoms with Crippen LogP contribution in [0.2, 0.25) is 12.6 Å². The summed E-state index contributed by atoms with van der Waals surface area (Å²) in [5.41, 5.74) is 17.8. The number of fused-ring (bicyclic) bond motifs is 9.